The van der Waals surface area contributed by atoms with E-state index < -0.39 is 0 Å². The molecule has 2 heterocycles. The van der Waals surface area contributed by atoms with Gasteiger partial charge in [0.05, 0.1) is 6.10 Å². The molecule has 5 saturated carbocycles. The fourth-order valence-corrected chi connectivity index (χ4v) is 7.66. The minimum atomic E-state index is -0.291. The molecule has 4 nitrogen and oxygen atoms in total. The SMILES string of the molecule is O=[N+]([O-])C[C@@]12O[C@@H]3[C@@H]4[C@H]5[C@@H]6C[C@@H]([C@@H]5[C@@H]41)[C@@H]2[C@@H]63. The molecule has 0 N–H and O–H groups in total. The lowest BCUT2D eigenvalue weighted by molar-refractivity contribution is -0.503. The van der Waals surface area contributed by atoms with Crippen LogP contribution in [0.15, 0.2) is 0 Å². The summed E-state index contributed by atoms with van der Waals surface area (Å²) in [5, 5.41) is 10.9. The van der Waals surface area contributed by atoms with E-state index in [1.165, 1.54) is 6.42 Å². The number of nitro groups is 1. The molecule has 5 aliphatic carbocycles. The second kappa shape index (κ2) is 1.74. The molecule has 4 heteroatoms. The van der Waals surface area contributed by atoms with Gasteiger partial charge in [-0.05, 0) is 41.9 Å². The second-order valence-corrected chi connectivity index (χ2v) is 6.95. The molecule has 0 spiro atoms. The molecule has 10 atom stereocenters. The van der Waals surface area contributed by atoms with Crippen molar-refractivity contribution < 1.29 is 9.66 Å². The highest BCUT2D eigenvalue weighted by Gasteiger charge is 2.93. The average molecular weight is 219 g/mol. The molecule has 0 aromatic carbocycles. The fraction of sp³-hybridized carbons (Fsp3) is 1.00. The second-order valence-electron chi connectivity index (χ2n) is 6.95. The summed E-state index contributed by atoms with van der Waals surface area (Å²) >= 11 is 0. The monoisotopic (exact) mass is 219 g/mol. The van der Waals surface area contributed by atoms with Crippen molar-refractivity contribution in [3.63, 3.8) is 0 Å². The largest absolute Gasteiger partial charge is 0.364 e. The van der Waals surface area contributed by atoms with E-state index in [1.807, 2.05) is 0 Å². The Balaban J connectivity index is 1.62. The molecule has 0 radical (unpaired) electrons. The van der Waals surface area contributed by atoms with Crippen LogP contribution in [0.2, 0.25) is 0 Å². The molecule has 84 valence electrons. The van der Waals surface area contributed by atoms with E-state index in [-0.39, 0.29) is 17.1 Å². The Hall–Kier alpha value is -0.640. The van der Waals surface area contributed by atoms with Crippen molar-refractivity contribution in [1.29, 1.82) is 0 Å². The summed E-state index contributed by atoms with van der Waals surface area (Å²) in [6.45, 7) is 0.0955. The highest BCUT2D eigenvalue weighted by Crippen LogP contribution is 2.90. The molecule has 2 aliphatic heterocycles. The van der Waals surface area contributed by atoms with Crippen LogP contribution in [0.3, 0.4) is 0 Å². The fourth-order valence-electron chi connectivity index (χ4n) is 7.66. The smallest absolute Gasteiger partial charge is 0.233 e. The molecule has 4 bridgehead atoms. The molecule has 0 aromatic rings. The van der Waals surface area contributed by atoms with Gasteiger partial charge >= 0.3 is 0 Å². The van der Waals surface area contributed by atoms with Crippen molar-refractivity contribution >= 4 is 0 Å². The molecule has 0 aromatic heterocycles. The normalized spacial score (nSPS) is 77.9. The lowest BCUT2D eigenvalue weighted by atomic mass is 9.57. The Morgan fingerprint density at radius 1 is 1.19 bits per heavy atom. The Labute approximate surface area is 92.5 Å². The topological polar surface area (TPSA) is 52.4 Å². The molecule has 0 unspecified atom stereocenters. The minimum Gasteiger partial charge on any atom is -0.364 e. The maximum absolute atomic E-state index is 10.9. The standard InChI is InChI=1S/C12H13NO3/c14-13(15)2-12-9-4-1-3-5-6(4)10(12)8(5)11(16-12)7(3)9/h3-11H,1-2H2/t3-,4-,5-,6-,7+,8+,9+,10-,11-,12-/m0/s1. The van der Waals surface area contributed by atoms with E-state index in [2.05, 4.69) is 0 Å². The first kappa shape index (κ1) is 7.64. The third-order valence-electron chi connectivity index (χ3n) is 7.24. The van der Waals surface area contributed by atoms with Gasteiger partial charge in [-0.15, -0.1) is 0 Å². The van der Waals surface area contributed by atoms with E-state index in [0.717, 1.165) is 35.5 Å². The zero-order valence-corrected chi connectivity index (χ0v) is 8.78. The van der Waals surface area contributed by atoms with Crippen molar-refractivity contribution in [1.82, 2.24) is 0 Å². The number of nitrogens with zero attached hydrogens (tertiary/aromatic N) is 1. The van der Waals surface area contributed by atoms with Gasteiger partial charge in [-0.3, -0.25) is 10.1 Å². The van der Waals surface area contributed by atoms with Crippen LogP contribution in [0.5, 0.6) is 0 Å². The molecule has 7 fully saturated rings. The van der Waals surface area contributed by atoms with Crippen LogP contribution in [-0.2, 0) is 4.74 Å². The number of hydrogen-bond acceptors (Lipinski definition) is 3. The molecule has 2 saturated heterocycles. The summed E-state index contributed by atoms with van der Waals surface area (Å²) in [6.07, 6.45) is 1.82. The Kier molecular flexibility index (Phi) is 0.832. The highest BCUT2D eigenvalue weighted by molar-refractivity contribution is 5.39. The lowest BCUT2D eigenvalue weighted by Gasteiger charge is -2.44. The van der Waals surface area contributed by atoms with Crippen LogP contribution in [-0.4, -0.2) is 23.2 Å². The quantitative estimate of drug-likeness (QED) is 0.509. The summed E-state index contributed by atoms with van der Waals surface area (Å²) in [4.78, 5) is 10.8. The molecular weight excluding hydrogens is 206 g/mol. The molecule has 16 heavy (non-hydrogen) atoms. The maximum atomic E-state index is 10.9. The Morgan fingerprint density at radius 3 is 2.88 bits per heavy atom. The van der Waals surface area contributed by atoms with Crippen LogP contribution in [0.25, 0.3) is 0 Å². The van der Waals surface area contributed by atoms with E-state index in [0.29, 0.717) is 17.9 Å². The van der Waals surface area contributed by atoms with Crippen LogP contribution in [0, 0.1) is 57.5 Å². The first-order chi connectivity index (χ1) is 7.74. The predicted molar refractivity (Wildman–Crippen MR) is 52.0 cm³/mol. The van der Waals surface area contributed by atoms with Crippen LogP contribution in [0.1, 0.15) is 6.42 Å². The van der Waals surface area contributed by atoms with Crippen molar-refractivity contribution in [3.05, 3.63) is 10.1 Å². The summed E-state index contributed by atoms with van der Waals surface area (Å²) in [5.41, 5.74) is -0.291. The van der Waals surface area contributed by atoms with Gasteiger partial charge < -0.3 is 4.74 Å². The predicted octanol–water partition coefficient (Wildman–Crippen LogP) is 0.788. The van der Waals surface area contributed by atoms with Crippen molar-refractivity contribution in [2.45, 2.75) is 18.1 Å². The van der Waals surface area contributed by atoms with Crippen molar-refractivity contribution in [2.24, 2.45) is 47.3 Å². The first-order valence-electron chi connectivity index (χ1n) is 6.54. The van der Waals surface area contributed by atoms with Crippen LogP contribution < -0.4 is 0 Å². The molecular formula is C12H13NO3. The summed E-state index contributed by atoms with van der Waals surface area (Å²) < 4.78 is 6.22. The summed E-state index contributed by atoms with van der Waals surface area (Å²) in [6, 6.07) is 0. The molecule has 7 aliphatic rings. The molecule has 0 amide bonds. The highest BCUT2D eigenvalue weighted by atomic mass is 16.6. The minimum absolute atomic E-state index is 0.0955. The van der Waals surface area contributed by atoms with Crippen molar-refractivity contribution in [3.8, 4) is 0 Å². The van der Waals surface area contributed by atoms with Gasteiger partial charge in [-0.2, -0.15) is 0 Å². The summed E-state index contributed by atoms with van der Waals surface area (Å²) in [5.74, 6) is 6.13. The van der Waals surface area contributed by atoms with Gasteiger partial charge in [-0.25, -0.2) is 0 Å². The van der Waals surface area contributed by atoms with Gasteiger partial charge in [-0.1, -0.05) is 0 Å². The van der Waals surface area contributed by atoms with Crippen LogP contribution in [0.4, 0.5) is 0 Å². The zero-order chi connectivity index (χ0) is 10.4. The van der Waals surface area contributed by atoms with Gasteiger partial charge in [0.15, 0.2) is 0 Å². The lowest BCUT2D eigenvalue weighted by Crippen LogP contribution is -2.51. The van der Waals surface area contributed by atoms with Gasteiger partial charge in [0.2, 0.25) is 6.54 Å². The van der Waals surface area contributed by atoms with Crippen LogP contribution >= 0.6 is 0 Å². The third kappa shape index (κ3) is 0.424. The Morgan fingerprint density at radius 2 is 2.06 bits per heavy atom. The maximum Gasteiger partial charge on any atom is 0.233 e. The van der Waals surface area contributed by atoms with E-state index >= 15 is 0 Å². The van der Waals surface area contributed by atoms with E-state index in [1.54, 1.807) is 0 Å². The van der Waals surface area contributed by atoms with Gasteiger partial charge in [0.25, 0.3) is 0 Å². The Bertz CT molecular complexity index is 455. The summed E-state index contributed by atoms with van der Waals surface area (Å²) in [7, 11) is 0. The number of ether oxygens (including phenoxy) is 1. The van der Waals surface area contributed by atoms with Gasteiger partial charge in [0.1, 0.15) is 5.60 Å². The van der Waals surface area contributed by atoms with E-state index in [9.17, 15) is 10.1 Å². The first-order valence-corrected chi connectivity index (χ1v) is 6.54. The molecule has 7 rings (SSSR count). The van der Waals surface area contributed by atoms with Crippen molar-refractivity contribution in [2.75, 3.05) is 6.54 Å². The number of hydrogen-bond donors (Lipinski definition) is 0. The zero-order valence-electron chi connectivity index (χ0n) is 8.78. The average Bonchev–Trinajstić information content (AvgIpc) is 2.73. The van der Waals surface area contributed by atoms with E-state index in [4.69, 9.17) is 4.74 Å². The third-order valence-corrected chi connectivity index (χ3v) is 7.24. The number of rotatable bonds is 2. The van der Waals surface area contributed by atoms with Gasteiger partial charge in [0, 0.05) is 16.8 Å².